The fourth-order valence-corrected chi connectivity index (χ4v) is 2.77. The van der Waals surface area contributed by atoms with Gasteiger partial charge in [-0.2, -0.15) is 0 Å². The van der Waals surface area contributed by atoms with Gasteiger partial charge in [-0.25, -0.2) is 0 Å². The molecular weight excluding hydrogens is 324 g/mol. The molecule has 1 N–H and O–H groups in total. The summed E-state index contributed by atoms with van der Waals surface area (Å²) in [6.07, 6.45) is 0.660. The number of amides is 1. The minimum absolute atomic E-state index is 0.0749. The van der Waals surface area contributed by atoms with E-state index in [-0.39, 0.29) is 30.0 Å². The first-order valence-corrected chi connectivity index (χ1v) is 7.93. The maximum absolute atomic E-state index is 12.2. The van der Waals surface area contributed by atoms with Gasteiger partial charge >= 0.3 is 5.69 Å². The molecule has 130 valence electrons. The molecular formula is C18H18N2O5. The van der Waals surface area contributed by atoms with Gasteiger partial charge in [-0.05, 0) is 19.1 Å². The smallest absolute Gasteiger partial charge is 0.310 e. The molecule has 0 fully saturated rings. The van der Waals surface area contributed by atoms with Crippen molar-refractivity contribution in [1.82, 2.24) is 5.32 Å². The van der Waals surface area contributed by atoms with E-state index < -0.39 is 4.92 Å². The number of aryl methyl sites for hydroxylation is 1. The van der Waals surface area contributed by atoms with Gasteiger partial charge in [-0.1, -0.05) is 29.8 Å². The third-order valence-corrected chi connectivity index (χ3v) is 3.96. The lowest BCUT2D eigenvalue weighted by Crippen LogP contribution is -2.35. The lowest BCUT2D eigenvalue weighted by atomic mass is 9.98. The van der Waals surface area contributed by atoms with Crippen LogP contribution in [0.3, 0.4) is 0 Å². The fraction of sp³-hybridized carbons (Fsp3) is 0.278. The number of carbonyl (C=O) groups excluding carboxylic acids is 1. The van der Waals surface area contributed by atoms with E-state index >= 15 is 0 Å². The number of nitrogens with zero attached hydrogens (tertiary/aromatic N) is 1. The highest BCUT2D eigenvalue weighted by molar-refractivity contribution is 5.78. The van der Waals surface area contributed by atoms with Crippen molar-refractivity contribution in [2.75, 3.05) is 13.2 Å². The Balaban J connectivity index is 1.65. The Morgan fingerprint density at radius 1 is 1.36 bits per heavy atom. The van der Waals surface area contributed by atoms with E-state index in [1.807, 2.05) is 25.1 Å². The van der Waals surface area contributed by atoms with Crippen molar-refractivity contribution in [3.63, 3.8) is 0 Å². The minimum Gasteiger partial charge on any atom is -0.493 e. The normalized spacial score (nSPS) is 15.6. The van der Waals surface area contributed by atoms with Crippen molar-refractivity contribution in [2.24, 2.45) is 0 Å². The van der Waals surface area contributed by atoms with Gasteiger partial charge < -0.3 is 14.8 Å². The molecule has 1 heterocycles. The lowest BCUT2D eigenvalue weighted by Gasteiger charge is -2.27. The molecule has 0 aromatic heterocycles. The Labute approximate surface area is 144 Å². The van der Waals surface area contributed by atoms with Crippen molar-refractivity contribution >= 4 is 11.6 Å². The highest BCUT2D eigenvalue weighted by atomic mass is 16.6. The SMILES string of the molecule is Cc1ccc2c(c1)C(NC(=O)COc1ccccc1[N+](=O)[O-])CCO2. The van der Waals surface area contributed by atoms with Crippen LogP contribution in [0.4, 0.5) is 5.69 Å². The molecule has 0 bridgehead atoms. The van der Waals surface area contributed by atoms with Crippen LogP contribution in [-0.4, -0.2) is 24.0 Å². The Hall–Kier alpha value is -3.09. The molecule has 0 saturated carbocycles. The topological polar surface area (TPSA) is 90.7 Å². The second kappa shape index (κ2) is 7.21. The summed E-state index contributed by atoms with van der Waals surface area (Å²) in [4.78, 5) is 22.6. The first-order valence-electron chi connectivity index (χ1n) is 7.93. The van der Waals surface area contributed by atoms with Crippen LogP contribution in [0, 0.1) is 17.0 Å². The summed E-state index contributed by atoms with van der Waals surface area (Å²) >= 11 is 0. The van der Waals surface area contributed by atoms with E-state index in [1.165, 1.54) is 12.1 Å². The van der Waals surface area contributed by atoms with E-state index in [2.05, 4.69) is 5.32 Å². The predicted octanol–water partition coefficient (Wildman–Crippen LogP) is 2.92. The Morgan fingerprint density at radius 3 is 2.96 bits per heavy atom. The van der Waals surface area contributed by atoms with Crippen LogP contribution in [0.25, 0.3) is 0 Å². The zero-order valence-corrected chi connectivity index (χ0v) is 13.7. The van der Waals surface area contributed by atoms with Crippen LogP contribution >= 0.6 is 0 Å². The standard InChI is InChI=1S/C18H18N2O5/c1-12-6-7-16-13(10-12)14(8-9-24-16)19-18(21)11-25-17-5-3-2-4-15(17)20(22)23/h2-7,10,14H,8-9,11H2,1H3,(H,19,21). The average molecular weight is 342 g/mol. The molecule has 2 aromatic carbocycles. The Kier molecular flexibility index (Phi) is 4.83. The molecule has 7 heteroatoms. The fourth-order valence-electron chi connectivity index (χ4n) is 2.77. The number of nitrogens with one attached hydrogen (secondary N) is 1. The van der Waals surface area contributed by atoms with Gasteiger partial charge in [0, 0.05) is 18.1 Å². The molecule has 0 spiro atoms. The quantitative estimate of drug-likeness (QED) is 0.666. The maximum Gasteiger partial charge on any atom is 0.310 e. The number of nitro benzene ring substituents is 1. The summed E-state index contributed by atoms with van der Waals surface area (Å²) in [5.41, 5.74) is 1.85. The minimum atomic E-state index is -0.537. The molecule has 3 rings (SSSR count). The van der Waals surface area contributed by atoms with Crippen LogP contribution in [-0.2, 0) is 4.79 Å². The summed E-state index contributed by atoms with van der Waals surface area (Å²) in [7, 11) is 0. The molecule has 1 unspecified atom stereocenters. The van der Waals surface area contributed by atoms with E-state index in [4.69, 9.17) is 9.47 Å². The Bertz CT molecular complexity index is 806. The van der Waals surface area contributed by atoms with Gasteiger partial charge in [0.2, 0.25) is 0 Å². The van der Waals surface area contributed by atoms with Crippen LogP contribution in [0.15, 0.2) is 42.5 Å². The zero-order valence-electron chi connectivity index (χ0n) is 13.7. The summed E-state index contributed by atoms with van der Waals surface area (Å²) in [5, 5.41) is 13.9. The second-order valence-corrected chi connectivity index (χ2v) is 5.81. The van der Waals surface area contributed by atoms with Crippen molar-refractivity contribution in [2.45, 2.75) is 19.4 Å². The highest BCUT2D eigenvalue weighted by Gasteiger charge is 2.23. The molecule has 1 atom stereocenters. The van der Waals surface area contributed by atoms with Gasteiger partial charge in [-0.15, -0.1) is 0 Å². The van der Waals surface area contributed by atoms with Gasteiger partial charge in [0.25, 0.3) is 5.91 Å². The summed E-state index contributed by atoms with van der Waals surface area (Å²) in [5.74, 6) is 0.505. The third kappa shape index (κ3) is 3.88. The number of hydrogen-bond donors (Lipinski definition) is 1. The van der Waals surface area contributed by atoms with E-state index in [0.717, 1.165) is 16.9 Å². The number of nitro groups is 1. The van der Waals surface area contributed by atoms with Crippen molar-refractivity contribution < 1.29 is 19.2 Å². The number of para-hydroxylation sites is 2. The molecule has 1 aliphatic rings. The summed E-state index contributed by atoms with van der Waals surface area (Å²) in [6, 6.07) is 11.7. The molecule has 7 nitrogen and oxygen atoms in total. The number of rotatable bonds is 5. The van der Waals surface area contributed by atoms with Crippen LogP contribution < -0.4 is 14.8 Å². The van der Waals surface area contributed by atoms with E-state index in [1.54, 1.807) is 12.1 Å². The van der Waals surface area contributed by atoms with Gasteiger partial charge in [-0.3, -0.25) is 14.9 Å². The number of fused-ring (bicyclic) bond motifs is 1. The third-order valence-electron chi connectivity index (χ3n) is 3.96. The number of carbonyl (C=O) groups is 1. The lowest BCUT2D eigenvalue weighted by molar-refractivity contribution is -0.385. The highest BCUT2D eigenvalue weighted by Crippen LogP contribution is 2.32. The number of benzene rings is 2. The Morgan fingerprint density at radius 2 is 2.16 bits per heavy atom. The largest absolute Gasteiger partial charge is 0.493 e. The van der Waals surface area contributed by atoms with E-state index in [0.29, 0.717) is 13.0 Å². The van der Waals surface area contributed by atoms with Gasteiger partial charge in [0.1, 0.15) is 5.75 Å². The van der Waals surface area contributed by atoms with Gasteiger partial charge in [0.15, 0.2) is 12.4 Å². The van der Waals surface area contributed by atoms with Crippen LogP contribution in [0.5, 0.6) is 11.5 Å². The predicted molar refractivity (Wildman–Crippen MR) is 90.8 cm³/mol. The van der Waals surface area contributed by atoms with Crippen molar-refractivity contribution in [3.8, 4) is 11.5 Å². The molecule has 1 aliphatic heterocycles. The van der Waals surface area contributed by atoms with Crippen LogP contribution in [0.2, 0.25) is 0 Å². The van der Waals surface area contributed by atoms with Gasteiger partial charge in [0.05, 0.1) is 17.6 Å². The van der Waals surface area contributed by atoms with E-state index in [9.17, 15) is 14.9 Å². The zero-order chi connectivity index (χ0) is 17.8. The molecule has 25 heavy (non-hydrogen) atoms. The first kappa shape index (κ1) is 16.8. The molecule has 2 aromatic rings. The molecule has 0 radical (unpaired) electrons. The molecule has 1 amide bonds. The molecule has 0 aliphatic carbocycles. The average Bonchev–Trinajstić information content (AvgIpc) is 2.60. The monoisotopic (exact) mass is 342 g/mol. The van der Waals surface area contributed by atoms with Crippen molar-refractivity contribution in [1.29, 1.82) is 0 Å². The van der Waals surface area contributed by atoms with Crippen LogP contribution in [0.1, 0.15) is 23.6 Å². The second-order valence-electron chi connectivity index (χ2n) is 5.81. The number of ether oxygens (including phenoxy) is 2. The summed E-state index contributed by atoms with van der Waals surface area (Å²) in [6.45, 7) is 2.21. The van der Waals surface area contributed by atoms with Crippen molar-refractivity contribution in [3.05, 3.63) is 63.7 Å². The first-order chi connectivity index (χ1) is 12.0. The maximum atomic E-state index is 12.2. The number of hydrogen-bond acceptors (Lipinski definition) is 5. The summed E-state index contributed by atoms with van der Waals surface area (Å²) < 4.78 is 10.9. The molecule has 0 saturated heterocycles.